The van der Waals surface area contributed by atoms with E-state index >= 15 is 0 Å². The maximum Gasteiger partial charge on any atom is 0.0296 e. The van der Waals surface area contributed by atoms with E-state index in [4.69, 9.17) is 0 Å². The predicted octanol–water partition coefficient (Wildman–Crippen LogP) is 1.21. The molecule has 2 heteroatoms. The number of allylic oxidation sites excluding steroid dienone is 1. The molecule has 0 radical (unpaired) electrons. The first-order valence-electron chi connectivity index (χ1n) is 2.71. The smallest absolute Gasteiger partial charge is 0.0296 e. The molecule has 0 saturated carbocycles. The van der Waals surface area contributed by atoms with Gasteiger partial charge in [0.15, 0.2) is 0 Å². The van der Waals surface area contributed by atoms with Crippen molar-refractivity contribution in [2.24, 2.45) is 5.10 Å². The topological polar surface area (TPSA) is 15.6 Å². The third-order valence-corrected chi connectivity index (χ3v) is 1.08. The third-order valence-electron chi connectivity index (χ3n) is 1.08. The fourth-order valence-corrected chi connectivity index (χ4v) is 0.719. The van der Waals surface area contributed by atoms with Crippen molar-refractivity contribution < 1.29 is 0 Å². The first kappa shape index (κ1) is 5.35. The van der Waals surface area contributed by atoms with Gasteiger partial charge in [-0.3, -0.25) is 5.01 Å². The monoisotopic (exact) mass is 110 g/mol. The lowest BCUT2D eigenvalue weighted by atomic mass is 10.2. The van der Waals surface area contributed by atoms with Gasteiger partial charge in [-0.2, -0.15) is 5.10 Å². The van der Waals surface area contributed by atoms with E-state index in [0.717, 1.165) is 6.42 Å². The minimum Gasteiger partial charge on any atom is -0.276 e. The molecule has 0 amide bonds. The molecule has 0 aromatic carbocycles. The Bertz CT molecular complexity index is 135. The Morgan fingerprint density at radius 3 is 2.88 bits per heavy atom. The highest BCUT2D eigenvalue weighted by Crippen LogP contribution is 2.03. The van der Waals surface area contributed by atoms with Crippen molar-refractivity contribution in [3.63, 3.8) is 0 Å². The Morgan fingerprint density at radius 2 is 2.50 bits per heavy atom. The van der Waals surface area contributed by atoms with Gasteiger partial charge in [0, 0.05) is 25.9 Å². The first-order chi connectivity index (χ1) is 3.79. The van der Waals surface area contributed by atoms with Crippen LogP contribution in [0, 0.1) is 0 Å². The van der Waals surface area contributed by atoms with Crippen molar-refractivity contribution in [3.8, 4) is 0 Å². The highest BCUT2D eigenvalue weighted by molar-refractivity contribution is 5.61. The molecule has 2 nitrogen and oxygen atoms in total. The zero-order valence-electron chi connectivity index (χ0n) is 5.26. The van der Waals surface area contributed by atoms with Crippen molar-refractivity contribution in [1.29, 1.82) is 0 Å². The Hall–Kier alpha value is -0.790. The number of hydrogen-bond acceptors (Lipinski definition) is 2. The zero-order valence-corrected chi connectivity index (χ0v) is 5.26. The Morgan fingerprint density at radius 1 is 1.75 bits per heavy atom. The lowest BCUT2D eigenvalue weighted by Gasteiger charge is -2.11. The fraction of sp³-hybridized carbons (Fsp3) is 0.500. The van der Waals surface area contributed by atoms with E-state index in [1.54, 1.807) is 0 Å². The lowest BCUT2D eigenvalue weighted by Crippen LogP contribution is -2.06. The van der Waals surface area contributed by atoms with Gasteiger partial charge in [-0.15, -0.1) is 0 Å². The van der Waals surface area contributed by atoms with Crippen molar-refractivity contribution in [1.82, 2.24) is 5.01 Å². The predicted molar refractivity (Wildman–Crippen MR) is 34.6 cm³/mol. The van der Waals surface area contributed by atoms with Gasteiger partial charge >= 0.3 is 0 Å². The lowest BCUT2D eigenvalue weighted by molar-refractivity contribution is 0.480. The van der Waals surface area contributed by atoms with Gasteiger partial charge in [-0.1, -0.05) is 5.57 Å². The summed E-state index contributed by atoms with van der Waals surface area (Å²) in [5.74, 6) is 0. The first-order valence-corrected chi connectivity index (χ1v) is 2.71. The van der Waals surface area contributed by atoms with E-state index in [1.807, 2.05) is 24.5 Å². The summed E-state index contributed by atoms with van der Waals surface area (Å²) in [4.78, 5) is 0. The maximum atomic E-state index is 4.01. The second kappa shape index (κ2) is 1.99. The van der Waals surface area contributed by atoms with Crippen LogP contribution in [0.2, 0.25) is 0 Å². The molecule has 1 heterocycles. The van der Waals surface area contributed by atoms with Crippen molar-refractivity contribution in [2.45, 2.75) is 13.3 Å². The second-order valence-electron chi connectivity index (χ2n) is 2.05. The molecule has 1 rings (SSSR count). The number of nitrogens with zero attached hydrogens (tertiary/aromatic N) is 2. The summed E-state index contributed by atoms with van der Waals surface area (Å²) < 4.78 is 0. The van der Waals surface area contributed by atoms with Crippen molar-refractivity contribution in [2.75, 3.05) is 7.05 Å². The van der Waals surface area contributed by atoms with Gasteiger partial charge in [0.05, 0.1) is 0 Å². The van der Waals surface area contributed by atoms with Gasteiger partial charge in [-0.25, -0.2) is 0 Å². The van der Waals surface area contributed by atoms with Crippen molar-refractivity contribution >= 4 is 6.21 Å². The molecular weight excluding hydrogens is 100 g/mol. The Labute approximate surface area is 49.5 Å². The van der Waals surface area contributed by atoms with E-state index in [1.165, 1.54) is 5.57 Å². The molecule has 0 aromatic heterocycles. The van der Waals surface area contributed by atoms with Crippen LogP contribution in [-0.4, -0.2) is 18.3 Å². The molecule has 0 aliphatic carbocycles. The summed E-state index contributed by atoms with van der Waals surface area (Å²) in [5, 5.41) is 5.83. The van der Waals surface area contributed by atoms with Crippen LogP contribution in [0.15, 0.2) is 16.9 Å². The van der Waals surface area contributed by atoms with E-state index in [-0.39, 0.29) is 0 Å². The minimum atomic E-state index is 1.00. The molecule has 0 unspecified atom stereocenters. The summed E-state index contributed by atoms with van der Waals surface area (Å²) in [6.07, 6.45) is 4.94. The summed E-state index contributed by atoms with van der Waals surface area (Å²) in [6.45, 7) is 2.10. The normalized spacial score (nSPS) is 18.8. The molecule has 0 atom stereocenters. The number of rotatable bonds is 0. The van der Waals surface area contributed by atoms with Crippen molar-refractivity contribution in [3.05, 3.63) is 11.8 Å². The molecule has 0 aromatic rings. The third kappa shape index (κ3) is 1.09. The summed E-state index contributed by atoms with van der Waals surface area (Å²) in [5.41, 5.74) is 1.36. The molecule has 0 bridgehead atoms. The van der Waals surface area contributed by atoms with E-state index in [0.29, 0.717) is 0 Å². The molecule has 0 N–H and O–H groups in total. The standard InChI is InChI=1S/C6H10N2/c1-6-3-4-7-8(2)5-6/h4-5H,3H2,1-2H3. The SMILES string of the molecule is CC1=CN(C)N=CC1. The fourth-order valence-electron chi connectivity index (χ4n) is 0.719. The van der Waals surface area contributed by atoms with Crippen LogP contribution >= 0.6 is 0 Å². The summed E-state index contributed by atoms with van der Waals surface area (Å²) >= 11 is 0. The molecule has 1 aliphatic heterocycles. The Balaban J connectivity index is 2.60. The number of hydrogen-bond donors (Lipinski definition) is 0. The Kier molecular flexibility index (Phi) is 1.33. The molecular formula is C6H10N2. The molecule has 1 aliphatic rings. The summed E-state index contributed by atoms with van der Waals surface area (Å²) in [6, 6.07) is 0. The van der Waals surface area contributed by atoms with Crippen LogP contribution in [0.25, 0.3) is 0 Å². The highest BCUT2D eigenvalue weighted by Gasteiger charge is 1.94. The van der Waals surface area contributed by atoms with Gasteiger partial charge in [0.25, 0.3) is 0 Å². The largest absolute Gasteiger partial charge is 0.276 e. The number of hydrazone groups is 1. The molecule has 0 spiro atoms. The van der Waals surface area contributed by atoms with Crippen LogP contribution < -0.4 is 0 Å². The average Bonchev–Trinajstić information content (AvgIpc) is 1.64. The quantitative estimate of drug-likeness (QED) is 0.457. The van der Waals surface area contributed by atoms with Gasteiger partial charge < -0.3 is 0 Å². The minimum absolute atomic E-state index is 1.00. The van der Waals surface area contributed by atoms with E-state index in [9.17, 15) is 0 Å². The van der Waals surface area contributed by atoms with Gasteiger partial charge in [0.2, 0.25) is 0 Å². The molecule has 0 fully saturated rings. The molecule has 8 heavy (non-hydrogen) atoms. The van der Waals surface area contributed by atoms with Crippen LogP contribution in [-0.2, 0) is 0 Å². The van der Waals surface area contributed by atoms with Gasteiger partial charge in [-0.05, 0) is 6.92 Å². The molecule has 44 valence electrons. The maximum absolute atomic E-state index is 4.01. The van der Waals surface area contributed by atoms with Crippen LogP contribution in [0.5, 0.6) is 0 Å². The van der Waals surface area contributed by atoms with E-state index < -0.39 is 0 Å². The average molecular weight is 110 g/mol. The zero-order chi connectivity index (χ0) is 5.98. The van der Waals surface area contributed by atoms with Crippen LogP contribution in [0.1, 0.15) is 13.3 Å². The molecule has 0 saturated heterocycles. The van der Waals surface area contributed by atoms with Crippen LogP contribution in [0.4, 0.5) is 0 Å². The highest BCUT2D eigenvalue weighted by atomic mass is 15.4. The van der Waals surface area contributed by atoms with Crippen LogP contribution in [0.3, 0.4) is 0 Å². The second-order valence-corrected chi connectivity index (χ2v) is 2.05. The van der Waals surface area contributed by atoms with Gasteiger partial charge in [0.1, 0.15) is 0 Å². The summed E-state index contributed by atoms with van der Waals surface area (Å²) in [7, 11) is 1.93. The van der Waals surface area contributed by atoms with E-state index in [2.05, 4.69) is 12.0 Å².